The maximum Gasteiger partial charge on any atom is 0.349 e. The van der Waals surface area contributed by atoms with Crippen molar-refractivity contribution in [2.45, 2.75) is 6.54 Å². The van der Waals surface area contributed by atoms with Crippen LogP contribution in [-0.2, 0) is 6.54 Å². The third kappa shape index (κ3) is 3.30. The summed E-state index contributed by atoms with van der Waals surface area (Å²) in [6.07, 6.45) is 3.29. The van der Waals surface area contributed by atoms with E-state index in [1.165, 1.54) is 13.2 Å². The van der Waals surface area contributed by atoms with E-state index >= 15 is 0 Å². The van der Waals surface area contributed by atoms with Gasteiger partial charge in [0.1, 0.15) is 5.56 Å². The molecule has 0 saturated heterocycles. The number of carbonyl (C=O) groups is 1. The van der Waals surface area contributed by atoms with E-state index in [0.717, 1.165) is 10.0 Å². The standard InChI is InChI=1S/C17H13BrN2O4/c1-23-14-7-12(18)5-11-6-13(17(22)24-15(11)14)16(21)20-9-10-3-2-4-19-8-10/h2-8H,9H2,1H3,(H,20,21). The number of rotatable bonds is 4. The average molecular weight is 389 g/mol. The van der Waals surface area contributed by atoms with Crippen LogP contribution in [0.2, 0.25) is 0 Å². The summed E-state index contributed by atoms with van der Waals surface area (Å²) < 4.78 is 11.2. The van der Waals surface area contributed by atoms with Crippen molar-refractivity contribution >= 4 is 32.8 Å². The molecule has 0 saturated carbocycles. The van der Waals surface area contributed by atoms with Crippen LogP contribution in [0.25, 0.3) is 11.0 Å². The number of halogens is 1. The van der Waals surface area contributed by atoms with E-state index in [9.17, 15) is 9.59 Å². The number of aromatic nitrogens is 1. The molecule has 1 N–H and O–H groups in total. The molecular formula is C17H13BrN2O4. The number of hydrogen-bond donors (Lipinski definition) is 1. The fraction of sp³-hybridized carbons (Fsp3) is 0.118. The minimum Gasteiger partial charge on any atom is -0.493 e. The highest BCUT2D eigenvalue weighted by molar-refractivity contribution is 9.10. The van der Waals surface area contributed by atoms with Gasteiger partial charge < -0.3 is 14.5 Å². The molecule has 0 bridgehead atoms. The van der Waals surface area contributed by atoms with Crippen molar-refractivity contribution in [3.05, 3.63) is 68.7 Å². The number of nitrogens with zero attached hydrogens (tertiary/aromatic N) is 1. The number of amides is 1. The molecule has 0 aliphatic carbocycles. The van der Waals surface area contributed by atoms with Crippen LogP contribution in [0.3, 0.4) is 0 Å². The number of hydrogen-bond acceptors (Lipinski definition) is 5. The fourth-order valence-corrected chi connectivity index (χ4v) is 2.71. The van der Waals surface area contributed by atoms with Crippen LogP contribution in [0.4, 0.5) is 0 Å². The molecule has 0 radical (unpaired) electrons. The van der Waals surface area contributed by atoms with Gasteiger partial charge in [-0.1, -0.05) is 22.0 Å². The summed E-state index contributed by atoms with van der Waals surface area (Å²) in [5.74, 6) is -0.0905. The second-order valence-electron chi connectivity index (χ2n) is 5.02. The lowest BCUT2D eigenvalue weighted by Gasteiger charge is -2.08. The molecule has 7 heteroatoms. The first kappa shape index (κ1) is 16.2. The van der Waals surface area contributed by atoms with Gasteiger partial charge in [-0.2, -0.15) is 0 Å². The smallest absolute Gasteiger partial charge is 0.349 e. The number of pyridine rings is 1. The molecule has 0 aliphatic heterocycles. The van der Waals surface area contributed by atoms with Crippen LogP contribution in [0.15, 0.2) is 56.4 Å². The van der Waals surface area contributed by atoms with Crippen molar-refractivity contribution in [3.8, 4) is 5.75 Å². The summed E-state index contributed by atoms with van der Waals surface area (Å²) in [4.78, 5) is 28.4. The number of benzene rings is 1. The summed E-state index contributed by atoms with van der Waals surface area (Å²) in [6.45, 7) is 0.270. The average Bonchev–Trinajstić information content (AvgIpc) is 2.59. The Bertz CT molecular complexity index is 954. The Kier molecular flexibility index (Phi) is 4.61. The van der Waals surface area contributed by atoms with Crippen molar-refractivity contribution in [1.29, 1.82) is 0 Å². The van der Waals surface area contributed by atoms with Gasteiger partial charge in [0, 0.05) is 28.8 Å². The van der Waals surface area contributed by atoms with Gasteiger partial charge in [-0.25, -0.2) is 4.79 Å². The largest absolute Gasteiger partial charge is 0.493 e. The number of carbonyl (C=O) groups excluding carboxylic acids is 1. The second kappa shape index (κ2) is 6.84. The molecule has 1 amide bonds. The Morgan fingerprint density at radius 2 is 2.21 bits per heavy atom. The number of nitrogens with one attached hydrogen (secondary N) is 1. The Hall–Kier alpha value is -2.67. The molecule has 0 fully saturated rings. The lowest BCUT2D eigenvalue weighted by Crippen LogP contribution is -2.27. The van der Waals surface area contributed by atoms with Crippen molar-refractivity contribution in [3.63, 3.8) is 0 Å². The minimum absolute atomic E-state index is 0.0634. The van der Waals surface area contributed by atoms with Crippen LogP contribution in [0, 0.1) is 0 Å². The third-order valence-corrected chi connectivity index (χ3v) is 3.86. The fourth-order valence-electron chi connectivity index (χ4n) is 2.26. The molecule has 0 aliphatic rings. The predicted octanol–water partition coefficient (Wildman–Crippen LogP) is 2.89. The highest BCUT2D eigenvalue weighted by Gasteiger charge is 2.16. The highest BCUT2D eigenvalue weighted by atomic mass is 79.9. The van der Waals surface area contributed by atoms with Crippen LogP contribution in [-0.4, -0.2) is 18.0 Å². The van der Waals surface area contributed by atoms with Crippen LogP contribution in [0.1, 0.15) is 15.9 Å². The van der Waals surface area contributed by atoms with Gasteiger partial charge in [-0.15, -0.1) is 0 Å². The van der Waals surface area contributed by atoms with Gasteiger partial charge in [-0.05, 0) is 29.8 Å². The molecule has 0 spiro atoms. The molecule has 2 heterocycles. The Morgan fingerprint density at radius 3 is 2.92 bits per heavy atom. The van der Waals surface area contributed by atoms with E-state index in [1.807, 2.05) is 6.07 Å². The topological polar surface area (TPSA) is 81.4 Å². The molecule has 1 aromatic carbocycles. The molecule has 24 heavy (non-hydrogen) atoms. The predicted molar refractivity (Wildman–Crippen MR) is 92.1 cm³/mol. The molecule has 3 rings (SSSR count). The first-order valence-electron chi connectivity index (χ1n) is 7.07. The van der Waals surface area contributed by atoms with Gasteiger partial charge >= 0.3 is 5.63 Å². The van der Waals surface area contributed by atoms with Crippen molar-refractivity contribution < 1.29 is 13.9 Å². The summed E-state index contributed by atoms with van der Waals surface area (Å²) in [5.41, 5.74) is 0.355. The Balaban J connectivity index is 1.93. The maximum absolute atomic E-state index is 12.3. The summed E-state index contributed by atoms with van der Waals surface area (Å²) in [5, 5.41) is 3.27. The third-order valence-electron chi connectivity index (χ3n) is 3.40. The van der Waals surface area contributed by atoms with Gasteiger partial charge in [0.15, 0.2) is 11.3 Å². The lowest BCUT2D eigenvalue weighted by atomic mass is 10.1. The monoisotopic (exact) mass is 388 g/mol. The molecule has 6 nitrogen and oxygen atoms in total. The van der Waals surface area contributed by atoms with Gasteiger partial charge in [0.25, 0.3) is 5.91 Å². The van der Waals surface area contributed by atoms with E-state index in [-0.39, 0.29) is 12.1 Å². The zero-order chi connectivity index (χ0) is 17.1. The Morgan fingerprint density at radius 1 is 1.38 bits per heavy atom. The molecule has 2 aromatic heterocycles. The second-order valence-corrected chi connectivity index (χ2v) is 5.93. The van der Waals surface area contributed by atoms with Gasteiger partial charge in [0.2, 0.25) is 0 Å². The molecular weight excluding hydrogens is 376 g/mol. The van der Waals surface area contributed by atoms with E-state index in [4.69, 9.17) is 9.15 Å². The normalized spacial score (nSPS) is 10.6. The van der Waals surface area contributed by atoms with E-state index in [1.54, 1.807) is 30.6 Å². The first-order chi connectivity index (χ1) is 11.6. The first-order valence-corrected chi connectivity index (χ1v) is 7.86. The molecule has 0 unspecified atom stereocenters. The molecule has 122 valence electrons. The summed E-state index contributed by atoms with van der Waals surface area (Å²) in [7, 11) is 1.48. The van der Waals surface area contributed by atoms with Gasteiger partial charge in [0.05, 0.1) is 7.11 Å². The highest BCUT2D eigenvalue weighted by Crippen LogP contribution is 2.29. The lowest BCUT2D eigenvalue weighted by molar-refractivity contribution is 0.0947. The van der Waals surface area contributed by atoms with Gasteiger partial charge in [-0.3, -0.25) is 9.78 Å². The number of methoxy groups -OCH3 is 1. The molecule has 0 atom stereocenters. The van der Waals surface area contributed by atoms with E-state index in [2.05, 4.69) is 26.2 Å². The minimum atomic E-state index is -0.716. The Labute approximate surface area is 145 Å². The van der Waals surface area contributed by atoms with Crippen molar-refractivity contribution in [2.75, 3.05) is 7.11 Å². The zero-order valence-electron chi connectivity index (χ0n) is 12.7. The van der Waals surface area contributed by atoms with Crippen LogP contribution in [0.5, 0.6) is 5.75 Å². The number of ether oxygens (including phenoxy) is 1. The summed E-state index contributed by atoms with van der Waals surface area (Å²) >= 11 is 3.36. The zero-order valence-corrected chi connectivity index (χ0v) is 14.3. The van der Waals surface area contributed by atoms with Crippen molar-refractivity contribution in [2.24, 2.45) is 0 Å². The molecule has 3 aromatic rings. The summed E-state index contributed by atoms with van der Waals surface area (Å²) in [6, 6.07) is 8.53. The van der Waals surface area contributed by atoms with Crippen molar-refractivity contribution in [1.82, 2.24) is 10.3 Å². The number of fused-ring (bicyclic) bond motifs is 1. The quantitative estimate of drug-likeness (QED) is 0.694. The SMILES string of the molecule is COc1cc(Br)cc2cc(C(=O)NCc3cccnc3)c(=O)oc12. The van der Waals surface area contributed by atoms with E-state index in [0.29, 0.717) is 16.7 Å². The van der Waals surface area contributed by atoms with Crippen LogP contribution < -0.4 is 15.7 Å². The van der Waals surface area contributed by atoms with Crippen LogP contribution >= 0.6 is 15.9 Å². The van der Waals surface area contributed by atoms with E-state index < -0.39 is 11.5 Å². The maximum atomic E-state index is 12.3.